The van der Waals surface area contributed by atoms with Gasteiger partial charge in [0.2, 0.25) is 0 Å². The minimum absolute atomic E-state index is 0.484. The van der Waals surface area contributed by atoms with E-state index in [4.69, 9.17) is 4.74 Å². The second-order valence-electron chi connectivity index (χ2n) is 5.25. The minimum atomic E-state index is 0.484. The van der Waals surface area contributed by atoms with Crippen LogP contribution in [0.25, 0.3) is 0 Å². The Hall–Kier alpha value is -0.860. The Morgan fingerprint density at radius 3 is 2.44 bits per heavy atom. The fourth-order valence-corrected chi connectivity index (χ4v) is 2.83. The van der Waals surface area contributed by atoms with Crippen molar-refractivity contribution >= 4 is 0 Å². The highest BCUT2D eigenvalue weighted by Crippen LogP contribution is 2.22. The Kier molecular flexibility index (Phi) is 5.21. The molecule has 1 fully saturated rings. The van der Waals surface area contributed by atoms with Gasteiger partial charge in [-0.25, -0.2) is 0 Å². The Morgan fingerprint density at radius 1 is 1.22 bits per heavy atom. The molecular formula is C16H25NO. The van der Waals surface area contributed by atoms with Gasteiger partial charge < -0.3 is 9.64 Å². The van der Waals surface area contributed by atoms with E-state index in [1.165, 1.54) is 44.5 Å². The topological polar surface area (TPSA) is 12.5 Å². The van der Waals surface area contributed by atoms with Crippen molar-refractivity contribution in [2.24, 2.45) is 0 Å². The van der Waals surface area contributed by atoms with Crippen LogP contribution < -0.4 is 0 Å². The van der Waals surface area contributed by atoms with Crippen LogP contribution in [0.3, 0.4) is 0 Å². The van der Waals surface area contributed by atoms with Crippen LogP contribution >= 0.6 is 0 Å². The maximum absolute atomic E-state index is 5.43. The molecule has 0 spiro atoms. The van der Waals surface area contributed by atoms with Crippen molar-refractivity contribution in [1.29, 1.82) is 0 Å². The molecule has 0 unspecified atom stereocenters. The molecule has 1 aromatic rings. The molecule has 0 bridgehead atoms. The fraction of sp³-hybridized carbons (Fsp3) is 0.625. The Labute approximate surface area is 111 Å². The molecule has 1 aliphatic heterocycles. The lowest BCUT2D eigenvalue weighted by Crippen LogP contribution is -2.38. The molecule has 2 heteroatoms. The number of hydrogen-bond acceptors (Lipinski definition) is 2. The van der Waals surface area contributed by atoms with Crippen LogP contribution in [0.15, 0.2) is 30.3 Å². The summed E-state index contributed by atoms with van der Waals surface area (Å²) in [6.45, 7) is 5.85. The van der Waals surface area contributed by atoms with Crippen LogP contribution in [-0.4, -0.2) is 37.7 Å². The van der Waals surface area contributed by atoms with E-state index in [1.54, 1.807) is 0 Å². The van der Waals surface area contributed by atoms with Crippen LogP contribution in [0.1, 0.15) is 37.7 Å². The maximum Gasteiger partial charge on any atom is 0.0595 e. The monoisotopic (exact) mass is 247 g/mol. The number of likely N-dealkylation sites (tertiary alicyclic amines) is 1. The molecule has 1 saturated heterocycles. The molecule has 0 N–H and O–H groups in total. The Morgan fingerprint density at radius 2 is 1.89 bits per heavy atom. The van der Waals surface area contributed by atoms with Gasteiger partial charge in [0.05, 0.1) is 6.10 Å². The molecule has 100 valence electrons. The van der Waals surface area contributed by atoms with Gasteiger partial charge in [0.15, 0.2) is 0 Å². The van der Waals surface area contributed by atoms with E-state index in [-0.39, 0.29) is 0 Å². The zero-order valence-corrected chi connectivity index (χ0v) is 11.6. The van der Waals surface area contributed by atoms with Gasteiger partial charge in [-0.15, -0.1) is 0 Å². The number of rotatable bonds is 5. The van der Waals surface area contributed by atoms with Gasteiger partial charge in [0.1, 0.15) is 0 Å². The van der Waals surface area contributed by atoms with Gasteiger partial charge in [-0.3, -0.25) is 0 Å². The summed E-state index contributed by atoms with van der Waals surface area (Å²) in [5.41, 5.74) is 1.48. The Balaban J connectivity index is 1.88. The van der Waals surface area contributed by atoms with E-state index >= 15 is 0 Å². The summed E-state index contributed by atoms with van der Waals surface area (Å²) in [6.07, 6.45) is 4.07. The average molecular weight is 247 g/mol. The molecule has 1 aromatic carbocycles. The average Bonchev–Trinajstić information content (AvgIpc) is 2.46. The molecule has 1 heterocycles. The standard InChI is InChI=1S/C16H25NO/c1-3-14(15-7-5-4-6-8-15)13-17-11-9-16(18-2)10-12-17/h4-8,14,16H,3,9-13H2,1-2H3/t14-/m1/s1. The second-order valence-corrected chi connectivity index (χ2v) is 5.25. The molecule has 1 atom stereocenters. The highest BCUT2D eigenvalue weighted by Gasteiger charge is 2.21. The van der Waals surface area contributed by atoms with Crippen molar-refractivity contribution in [1.82, 2.24) is 4.90 Å². The molecule has 0 aromatic heterocycles. The number of piperidine rings is 1. The molecular weight excluding hydrogens is 222 g/mol. The molecule has 0 aliphatic carbocycles. The van der Waals surface area contributed by atoms with Crippen molar-refractivity contribution < 1.29 is 4.74 Å². The van der Waals surface area contributed by atoms with Crippen LogP contribution in [0.5, 0.6) is 0 Å². The predicted molar refractivity (Wildman–Crippen MR) is 75.9 cm³/mol. The van der Waals surface area contributed by atoms with Crippen LogP contribution in [0.2, 0.25) is 0 Å². The number of benzene rings is 1. The van der Waals surface area contributed by atoms with E-state index in [0.717, 1.165) is 0 Å². The highest BCUT2D eigenvalue weighted by molar-refractivity contribution is 5.19. The largest absolute Gasteiger partial charge is 0.381 e. The first-order valence-electron chi connectivity index (χ1n) is 7.13. The molecule has 0 amide bonds. The molecule has 0 radical (unpaired) electrons. The van der Waals surface area contributed by atoms with Crippen molar-refractivity contribution in [3.05, 3.63) is 35.9 Å². The van der Waals surface area contributed by atoms with Gasteiger partial charge in [0.25, 0.3) is 0 Å². The normalized spacial score (nSPS) is 19.9. The van der Waals surface area contributed by atoms with Gasteiger partial charge >= 0.3 is 0 Å². The van der Waals surface area contributed by atoms with E-state index in [1.807, 2.05) is 7.11 Å². The van der Waals surface area contributed by atoms with Crippen LogP contribution in [0, 0.1) is 0 Å². The van der Waals surface area contributed by atoms with E-state index in [9.17, 15) is 0 Å². The molecule has 1 aliphatic rings. The van der Waals surface area contributed by atoms with Crippen LogP contribution in [-0.2, 0) is 4.74 Å². The van der Waals surface area contributed by atoms with Gasteiger partial charge in [-0.1, -0.05) is 37.3 Å². The SMILES string of the molecule is CC[C@H](CN1CCC(OC)CC1)c1ccccc1. The summed E-state index contributed by atoms with van der Waals surface area (Å²) in [5, 5.41) is 0. The first-order valence-corrected chi connectivity index (χ1v) is 7.13. The minimum Gasteiger partial charge on any atom is -0.381 e. The third kappa shape index (κ3) is 3.56. The van der Waals surface area contributed by atoms with Crippen molar-refractivity contribution in [3.63, 3.8) is 0 Å². The fourth-order valence-electron chi connectivity index (χ4n) is 2.83. The van der Waals surface area contributed by atoms with E-state index < -0.39 is 0 Å². The third-order valence-electron chi connectivity index (χ3n) is 4.11. The number of nitrogens with zero attached hydrogens (tertiary/aromatic N) is 1. The zero-order chi connectivity index (χ0) is 12.8. The lowest BCUT2D eigenvalue weighted by Gasteiger charge is -2.33. The van der Waals surface area contributed by atoms with Crippen LogP contribution in [0.4, 0.5) is 0 Å². The van der Waals surface area contributed by atoms with Gasteiger partial charge in [-0.2, -0.15) is 0 Å². The molecule has 2 nitrogen and oxygen atoms in total. The highest BCUT2D eigenvalue weighted by atomic mass is 16.5. The van der Waals surface area contributed by atoms with E-state index in [2.05, 4.69) is 42.2 Å². The van der Waals surface area contributed by atoms with E-state index in [0.29, 0.717) is 12.0 Å². The van der Waals surface area contributed by atoms with Gasteiger partial charge in [0, 0.05) is 26.7 Å². The lowest BCUT2D eigenvalue weighted by molar-refractivity contribution is 0.0392. The maximum atomic E-state index is 5.43. The Bertz CT molecular complexity index is 330. The number of methoxy groups -OCH3 is 1. The van der Waals surface area contributed by atoms with Crippen molar-refractivity contribution in [2.45, 2.75) is 38.2 Å². The first-order chi connectivity index (χ1) is 8.83. The van der Waals surface area contributed by atoms with Crippen molar-refractivity contribution in [2.75, 3.05) is 26.7 Å². The first kappa shape index (κ1) is 13.6. The summed E-state index contributed by atoms with van der Waals surface area (Å²) in [7, 11) is 1.83. The summed E-state index contributed by atoms with van der Waals surface area (Å²) < 4.78 is 5.43. The summed E-state index contributed by atoms with van der Waals surface area (Å²) in [5.74, 6) is 0.672. The number of ether oxygens (including phenoxy) is 1. The third-order valence-corrected chi connectivity index (χ3v) is 4.11. The van der Waals surface area contributed by atoms with Crippen molar-refractivity contribution in [3.8, 4) is 0 Å². The zero-order valence-electron chi connectivity index (χ0n) is 11.6. The smallest absolute Gasteiger partial charge is 0.0595 e. The summed E-state index contributed by atoms with van der Waals surface area (Å²) >= 11 is 0. The molecule has 18 heavy (non-hydrogen) atoms. The predicted octanol–water partition coefficient (Wildman–Crippen LogP) is 3.29. The summed E-state index contributed by atoms with van der Waals surface area (Å²) in [6, 6.07) is 10.9. The number of hydrogen-bond donors (Lipinski definition) is 0. The second kappa shape index (κ2) is 6.91. The van der Waals surface area contributed by atoms with Gasteiger partial charge in [-0.05, 0) is 30.7 Å². The quantitative estimate of drug-likeness (QED) is 0.791. The lowest BCUT2D eigenvalue weighted by atomic mass is 9.95. The molecule has 2 rings (SSSR count). The molecule has 0 saturated carbocycles. The summed E-state index contributed by atoms with van der Waals surface area (Å²) in [4.78, 5) is 2.59.